The average molecular weight is 971 g/mol. The highest BCUT2D eigenvalue weighted by Crippen LogP contribution is 2.52. The fraction of sp³-hybridized carbons (Fsp3) is 0.750. The first-order chi connectivity index (χ1) is 31.9. The number of nitrogens with zero attached hydrogens (tertiary/aromatic N) is 3. The lowest BCUT2D eigenvalue weighted by molar-refractivity contribution is -0.172. The summed E-state index contributed by atoms with van der Waals surface area (Å²) in [5.74, 6) is -7.42. The number of hydrogen-bond donors (Lipinski definition) is 6. The van der Waals surface area contributed by atoms with Gasteiger partial charge >= 0.3 is 31.5 Å². The Hall–Kier alpha value is -4.76. The maximum atomic E-state index is 13.5. The fourth-order valence-electron chi connectivity index (χ4n) is 7.07. The second-order valence-electron chi connectivity index (χ2n) is 17.0. The molecule has 380 valence electrons. The molecule has 0 saturated carbocycles. The summed E-state index contributed by atoms with van der Waals surface area (Å²) in [7, 11) is 1.88. The number of carboxylic acids is 1. The predicted octanol–water partition coefficient (Wildman–Crippen LogP) is 3.08. The molecule has 2 rings (SSSR count). The number of amides is 3. The summed E-state index contributed by atoms with van der Waals surface area (Å²) in [6.07, 6.45) is 11.9. The van der Waals surface area contributed by atoms with Gasteiger partial charge in [0.1, 0.15) is 18.7 Å². The van der Waals surface area contributed by atoms with Crippen LogP contribution in [0.25, 0.3) is 0 Å². The van der Waals surface area contributed by atoms with Crippen molar-refractivity contribution in [3.63, 3.8) is 0 Å². The summed E-state index contributed by atoms with van der Waals surface area (Å²) in [5, 5.41) is 16.9. The monoisotopic (exact) mass is 971 g/mol. The molecule has 22 nitrogen and oxygen atoms in total. The van der Waals surface area contributed by atoms with E-state index in [1.54, 1.807) is 0 Å². The average Bonchev–Trinajstić information content (AvgIpc) is 3.90. The van der Waals surface area contributed by atoms with E-state index in [2.05, 4.69) is 32.8 Å². The zero-order valence-electron chi connectivity index (χ0n) is 39.9. The molecule has 0 aromatic carbocycles. The second-order valence-corrected chi connectivity index (χ2v) is 19.8. The second kappa shape index (κ2) is 32.1. The molecule has 1 fully saturated rings. The van der Waals surface area contributed by atoms with Crippen molar-refractivity contribution in [2.45, 2.75) is 166 Å². The number of carbonyl (C=O) groups excluding carboxylic acids is 7. The predicted molar refractivity (Wildman–Crippen MR) is 245 cm³/mol. The van der Waals surface area contributed by atoms with Gasteiger partial charge in [0, 0.05) is 31.2 Å². The van der Waals surface area contributed by atoms with Crippen LogP contribution in [0.3, 0.4) is 0 Å². The van der Waals surface area contributed by atoms with Crippen LogP contribution in [-0.4, -0.2) is 150 Å². The van der Waals surface area contributed by atoms with Crippen molar-refractivity contribution in [3.8, 4) is 0 Å². The number of aromatic amines is 1. The largest absolute Gasteiger partial charge is 0.480 e. The number of cyclic esters (lactones) is 1. The van der Waals surface area contributed by atoms with Crippen molar-refractivity contribution in [3.05, 3.63) is 18.2 Å². The number of esters is 3. The highest BCUT2D eigenvalue weighted by molar-refractivity contribution is 7.53. The SMILES string of the molecule is CCCCCCCCCCCCCCCC(=O)OC(COC(=O)CCC(=O)NCC(=O)N[C@@H](Cc1cnc[nH]1)C(=O)N[C@@H](CCCCN)C(=O)O)C1OC(=O)C(OP(=O)(N(C)C)N(C)C)C1=O. The molecule has 1 aromatic rings. The summed E-state index contributed by atoms with van der Waals surface area (Å²) in [6.45, 7) is 1.21. The third-order valence-corrected chi connectivity index (χ3v) is 13.5. The smallest absolute Gasteiger partial charge is 0.346 e. The number of ketones is 1. The zero-order chi connectivity index (χ0) is 49.8. The van der Waals surface area contributed by atoms with Gasteiger partial charge in [0.15, 0.2) is 6.10 Å². The number of aliphatic carboxylic acids is 1. The summed E-state index contributed by atoms with van der Waals surface area (Å²) < 4.78 is 37.6. The van der Waals surface area contributed by atoms with Gasteiger partial charge in [-0.25, -0.2) is 23.9 Å². The number of nitrogens with one attached hydrogen (secondary N) is 4. The van der Waals surface area contributed by atoms with Crippen LogP contribution >= 0.6 is 7.67 Å². The van der Waals surface area contributed by atoms with E-state index in [1.165, 1.54) is 101 Å². The van der Waals surface area contributed by atoms with Gasteiger partial charge < -0.3 is 46.0 Å². The van der Waals surface area contributed by atoms with Gasteiger partial charge in [-0.05, 0) is 60.4 Å². The third kappa shape index (κ3) is 22.3. The number of Topliss-reactive ketones (excluding diaryl/α,β-unsaturated/α-hetero) is 1. The van der Waals surface area contributed by atoms with Gasteiger partial charge in [-0.15, -0.1) is 0 Å². The van der Waals surface area contributed by atoms with E-state index < -0.39 is 111 Å². The van der Waals surface area contributed by atoms with Gasteiger partial charge in [0.05, 0.1) is 19.3 Å². The van der Waals surface area contributed by atoms with Crippen molar-refractivity contribution in [1.29, 1.82) is 0 Å². The van der Waals surface area contributed by atoms with E-state index in [4.69, 9.17) is 24.5 Å². The number of rotatable bonds is 37. The number of hydrogen-bond acceptors (Lipinski definition) is 15. The van der Waals surface area contributed by atoms with E-state index in [-0.39, 0.29) is 19.3 Å². The number of ether oxygens (including phenoxy) is 3. The Balaban J connectivity index is 1.97. The molecule has 3 unspecified atom stereocenters. The molecule has 7 N–H and O–H groups in total. The lowest BCUT2D eigenvalue weighted by Gasteiger charge is -2.30. The molecule has 0 spiro atoms. The highest BCUT2D eigenvalue weighted by Gasteiger charge is 2.53. The Labute approximate surface area is 393 Å². The van der Waals surface area contributed by atoms with Crippen LogP contribution in [0.15, 0.2) is 12.5 Å². The van der Waals surface area contributed by atoms with Gasteiger partial charge in [-0.1, -0.05) is 84.0 Å². The van der Waals surface area contributed by atoms with Gasteiger partial charge in [-0.3, -0.25) is 37.9 Å². The molecule has 0 radical (unpaired) electrons. The maximum absolute atomic E-state index is 13.5. The van der Waals surface area contributed by atoms with Gasteiger partial charge in [0.25, 0.3) is 0 Å². The minimum Gasteiger partial charge on any atom is -0.480 e. The van der Waals surface area contributed by atoms with E-state index in [1.807, 2.05) is 0 Å². The zero-order valence-corrected chi connectivity index (χ0v) is 40.8. The minimum absolute atomic E-state index is 0.0200. The number of nitrogens with two attached hydrogens (primary N) is 1. The Bertz CT molecular complexity index is 1750. The van der Waals surface area contributed by atoms with Crippen LogP contribution in [-0.2, 0) is 68.1 Å². The highest BCUT2D eigenvalue weighted by atomic mass is 31.2. The Morgan fingerprint density at radius 2 is 1.43 bits per heavy atom. The summed E-state index contributed by atoms with van der Waals surface area (Å²) in [6, 6.07) is -2.47. The Morgan fingerprint density at radius 1 is 0.821 bits per heavy atom. The van der Waals surface area contributed by atoms with Crippen molar-refractivity contribution in [1.82, 2.24) is 35.3 Å². The Morgan fingerprint density at radius 3 is 1.99 bits per heavy atom. The van der Waals surface area contributed by atoms with Gasteiger partial charge in [-0.2, -0.15) is 0 Å². The molecule has 0 bridgehead atoms. The molecule has 67 heavy (non-hydrogen) atoms. The molecule has 1 aliphatic rings. The normalized spacial score (nSPS) is 16.3. The van der Waals surface area contributed by atoms with Crippen molar-refractivity contribution in [2.24, 2.45) is 5.73 Å². The van der Waals surface area contributed by atoms with Crippen molar-refractivity contribution >= 4 is 55.1 Å². The first-order valence-electron chi connectivity index (χ1n) is 23.4. The van der Waals surface area contributed by atoms with E-state index in [0.29, 0.717) is 31.5 Å². The summed E-state index contributed by atoms with van der Waals surface area (Å²) in [5.41, 5.74) is 5.96. The number of aromatic nitrogens is 2. The standard InChI is InChI=1S/C44H75N8O14P/c1-6-7-8-9-10-11-12-13-14-15-16-17-18-22-38(56)64-34(40-39(57)41(44(61)65-40)66-67(62,51(2)3)52(4)5)29-63-37(55)24-23-35(53)47-28-36(54)49-33(26-31-27-46-30-48-31)42(58)50-32(43(59)60)21-19-20-25-45/h27,30,32-34,40-41H,6-26,28-29,45H2,1-5H3,(H,46,48)(H,47,53)(H,49,54)(H,50,58)(H,59,60)/t32-,33-,34?,40?,41?/m0/s1. The molecule has 5 atom stereocenters. The first kappa shape index (κ1) is 58.4. The van der Waals surface area contributed by atoms with Crippen molar-refractivity contribution < 1.29 is 66.8 Å². The molecular weight excluding hydrogens is 895 g/mol. The van der Waals surface area contributed by atoms with E-state index in [9.17, 15) is 48.0 Å². The van der Waals surface area contributed by atoms with Crippen LogP contribution in [0.1, 0.15) is 135 Å². The third-order valence-electron chi connectivity index (χ3n) is 11.0. The quantitative estimate of drug-likeness (QED) is 0.0183. The molecule has 2 heterocycles. The molecule has 1 saturated heterocycles. The summed E-state index contributed by atoms with van der Waals surface area (Å²) >= 11 is 0. The van der Waals surface area contributed by atoms with Crippen molar-refractivity contribution in [2.75, 3.05) is 47.9 Å². The molecule has 0 aliphatic carbocycles. The topological polar surface area (TPSA) is 308 Å². The molecule has 3 amide bonds. The number of imidazole rings is 1. The number of carbonyl (C=O) groups is 8. The van der Waals surface area contributed by atoms with E-state index in [0.717, 1.165) is 25.7 Å². The molecule has 1 aliphatic heterocycles. The van der Waals surface area contributed by atoms with Gasteiger partial charge in [0.2, 0.25) is 35.7 Å². The number of carboxylic acid groups (broad SMARTS) is 1. The number of H-pyrrole nitrogens is 1. The molecule has 23 heteroatoms. The Kier molecular flexibility index (Phi) is 27.9. The molecule has 1 aromatic heterocycles. The fourth-order valence-corrected chi connectivity index (χ4v) is 8.63. The number of unbranched alkanes of at least 4 members (excludes halogenated alkanes) is 13. The van der Waals surface area contributed by atoms with E-state index >= 15 is 0 Å². The maximum Gasteiger partial charge on any atom is 0.346 e. The van der Waals surface area contributed by atoms with Crippen LogP contribution in [0.2, 0.25) is 0 Å². The minimum atomic E-state index is -3.86. The summed E-state index contributed by atoms with van der Waals surface area (Å²) in [4.78, 5) is 110. The van der Waals surface area contributed by atoms with Crippen LogP contribution < -0.4 is 21.7 Å². The van der Waals surface area contributed by atoms with Crippen LogP contribution in [0.4, 0.5) is 0 Å². The van der Waals surface area contributed by atoms with Crippen LogP contribution in [0.5, 0.6) is 0 Å². The lowest BCUT2D eigenvalue weighted by atomic mass is 10.0. The van der Waals surface area contributed by atoms with Crippen LogP contribution in [0, 0.1) is 0 Å². The first-order valence-corrected chi connectivity index (χ1v) is 25.0. The lowest BCUT2D eigenvalue weighted by Crippen LogP contribution is -2.54. The molecular formula is C44H75N8O14P.